The maximum Gasteiger partial charge on any atom is 0.274 e. The number of ether oxygens (including phenoxy) is 1. The first kappa shape index (κ1) is 21.7. The molecule has 0 bridgehead atoms. The van der Waals surface area contributed by atoms with Gasteiger partial charge in [-0.1, -0.05) is 30.7 Å². The molecule has 2 N–H and O–H groups in total. The minimum atomic E-state index is -0.269. The summed E-state index contributed by atoms with van der Waals surface area (Å²) in [5.74, 6) is 0.880. The van der Waals surface area contributed by atoms with Crippen molar-refractivity contribution in [3.8, 4) is 11.3 Å². The van der Waals surface area contributed by atoms with Crippen molar-refractivity contribution in [2.75, 3.05) is 13.7 Å². The molecular formula is C21H25ClN6O2. The van der Waals surface area contributed by atoms with Gasteiger partial charge in [0.15, 0.2) is 5.82 Å². The molecule has 2 aromatic heterocycles. The SMILES string of the molecule is COC[C@H](C)CC(=Nc1cc(-c2ccc(Cl)cc2)[nH]n1)NC(=O)c1cc(C)nn1C. The number of nitrogens with one attached hydrogen (secondary N) is 2. The van der Waals surface area contributed by atoms with E-state index in [-0.39, 0.29) is 11.8 Å². The molecule has 30 heavy (non-hydrogen) atoms. The number of carbonyl (C=O) groups excluding carboxylic acids is 1. The second-order valence-corrected chi connectivity index (χ2v) is 7.65. The normalized spacial score (nSPS) is 12.8. The first-order valence-corrected chi connectivity index (χ1v) is 9.93. The van der Waals surface area contributed by atoms with E-state index in [2.05, 4.69) is 25.6 Å². The van der Waals surface area contributed by atoms with E-state index in [1.807, 2.05) is 44.2 Å². The van der Waals surface area contributed by atoms with E-state index in [1.165, 1.54) is 0 Å². The summed E-state index contributed by atoms with van der Waals surface area (Å²) in [5.41, 5.74) is 2.98. The average Bonchev–Trinajstić information content (AvgIpc) is 3.28. The number of aryl methyl sites for hydroxylation is 2. The first-order chi connectivity index (χ1) is 14.4. The summed E-state index contributed by atoms with van der Waals surface area (Å²) < 4.78 is 6.77. The Morgan fingerprint density at radius 2 is 2.07 bits per heavy atom. The van der Waals surface area contributed by atoms with E-state index in [9.17, 15) is 4.79 Å². The van der Waals surface area contributed by atoms with Gasteiger partial charge in [0.25, 0.3) is 5.91 Å². The number of aromatic nitrogens is 4. The summed E-state index contributed by atoms with van der Waals surface area (Å²) in [5, 5.41) is 15.0. The monoisotopic (exact) mass is 428 g/mol. The number of rotatable bonds is 7. The molecule has 1 amide bonds. The maximum absolute atomic E-state index is 12.8. The van der Waals surface area contributed by atoms with Crippen LogP contribution in [0.5, 0.6) is 0 Å². The molecule has 0 radical (unpaired) electrons. The van der Waals surface area contributed by atoms with Crippen LogP contribution in [0, 0.1) is 12.8 Å². The summed E-state index contributed by atoms with van der Waals surface area (Å²) in [6.07, 6.45) is 0.527. The first-order valence-electron chi connectivity index (χ1n) is 9.55. The van der Waals surface area contributed by atoms with Crippen molar-refractivity contribution in [1.82, 2.24) is 25.3 Å². The molecule has 0 aliphatic rings. The molecule has 158 valence electrons. The third kappa shape index (κ3) is 5.55. The zero-order valence-electron chi connectivity index (χ0n) is 17.4. The summed E-state index contributed by atoms with van der Waals surface area (Å²) in [6, 6.07) is 11.0. The minimum absolute atomic E-state index is 0.164. The lowest BCUT2D eigenvalue weighted by Crippen LogP contribution is -2.33. The molecule has 8 nitrogen and oxygen atoms in total. The van der Waals surface area contributed by atoms with Crippen LogP contribution in [0.15, 0.2) is 41.4 Å². The van der Waals surface area contributed by atoms with Gasteiger partial charge in [-0.25, -0.2) is 4.99 Å². The Labute approximate surface area is 180 Å². The molecule has 3 rings (SSSR count). The van der Waals surface area contributed by atoms with Crippen LogP contribution in [0.25, 0.3) is 11.3 Å². The lowest BCUT2D eigenvalue weighted by atomic mass is 10.1. The summed E-state index contributed by atoms with van der Waals surface area (Å²) in [7, 11) is 3.38. The average molecular weight is 429 g/mol. The molecule has 0 unspecified atom stereocenters. The Morgan fingerprint density at radius 1 is 1.33 bits per heavy atom. The molecule has 0 spiro atoms. The number of aliphatic imine (C=N–C) groups is 1. The van der Waals surface area contributed by atoms with Gasteiger partial charge >= 0.3 is 0 Å². The summed E-state index contributed by atoms with van der Waals surface area (Å²) in [6.45, 7) is 4.42. The number of aromatic amines is 1. The van der Waals surface area contributed by atoms with Gasteiger partial charge in [0.2, 0.25) is 0 Å². The van der Waals surface area contributed by atoms with Gasteiger partial charge in [0.05, 0.1) is 11.4 Å². The fraction of sp³-hybridized carbons (Fsp3) is 0.333. The fourth-order valence-electron chi connectivity index (χ4n) is 3.10. The topological polar surface area (TPSA) is 97.2 Å². The predicted molar refractivity (Wildman–Crippen MR) is 117 cm³/mol. The van der Waals surface area contributed by atoms with Gasteiger partial charge in [-0.2, -0.15) is 10.2 Å². The smallest absolute Gasteiger partial charge is 0.274 e. The molecule has 0 fully saturated rings. The van der Waals surface area contributed by atoms with Gasteiger partial charge in [-0.15, -0.1) is 0 Å². The molecular weight excluding hydrogens is 404 g/mol. The molecule has 2 heterocycles. The van der Waals surface area contributed by atoms with Crippen LogP contribution in [0.1, 0.15) is 29.5 Å². The zero-order chi connectivity index (χ0) is 21.7. The molecule has 0 aliphatic carbocycles. The van der Waals surface area contributed by atoms with E-state index >= 15 is 0 Å². The Balaban J connectivity index is 1.84. The van der Waals surface area contributed by atoms with Crippen molar-refractivity contribution < 1.29 is 9.53 Å². The second kappa shape index (κ2) is 9.69. The molecule has 0 aliphatic heterocycles. The number of methoxy groups -OCH3 is 1. The number of carbonyl (C=O) groups is 1. The third-order valence-corrected chi connectivity index (χ3v) is 4.71. The van der Waals surface area contributed by atoms with E-state index in [1.54, 1.807) is 24.9 Å². The lowest BCUT2D eigenvalue weighted by molar-refractivity contribution is 0.0966. The molecule has 0 saturated heterocycles. The summed E-state index contributed by atoms with van der Waals surface area (Å²) in [4.78, 5) is 17.3. The van der Waals surface area contributed by atoms with Crippen molar-refractivity contribution >= 4 is 29.2 Å². The molecule has 3 aromatic rings. The van der Waals surface area contributed by atoms with Crippen LogP contribution in [0.2, 0.25) is 5.02 Å². The molecule has 1 atom stereocenters. The molecule has 1 aromatic carbocycles. The van der Waals surface area contributed by atoms with Crippen molar-refractivity contribution in [1.29, 1.82) is 0 Å². The standard InChI is InChI=1S/C21H25ClN6O2/c1-13(12-30-4)9-19(24-21(29)18-10-14(2)27-28(18)3)23-20-11-17(25-26-20)15-5-7-16(22)8-6-15/h5-8,10-11,13H,9,12H2,1-4H3,(H2,23,24,25,26,29)/t13-/m1/s1. The van der Waals surface area contributed by atoms with Crippen molar-refractivity contribution in [3.05, 3.63) is 52.8 Å². The number of amides is 1. The highest BCUT2D eigenvalue weighted by atomic mass is 35.5. The van der Waals surface area contributed by atoms with Gasteiger partial charge in [-0.05, 0) is 36.6 Å². The van der Waals surface area contributed by atoms with Gasteiger partial charge in [-0.3, -0.25) is 14.6 Å². The number of nitrogens with zero attached hydrogens (tertiary/aromatic N) is 4. The van der Waals surface area contributed by atoms with Crippen LogP contribution < -0.4 is 5.32 Å². The van der Waals surface area contributed by atoms with Crippen molar-refractivity contribution in [2.45, 2.75) is 20.3 Å². The Hall–Kier alpha value is -2.97. The van der Waals surface area contributed by atoms with E-state index in [0.29, 0.717) is 35.4 Å². The van der Waals surface area contributed by atoms with Gasteiger partial charge in [0.1, 0.15) is 11.5 Å². The largest absolute Gasteiger partial charge is 0.384 e. The number of hydrogen-bond acceptors (Lipinski definition) is 5. The molecule has 0 saturated carbocycles. The Bertz CT molecular complexity index is 1040. The lowest BCUT2D eigenvalue weighted by Gasteiger charge is -2.13. The predicted octanol–water partition coefficient (Wildman–Crippen LogP) is 3.90. The van der Waals surface area contributed by atoms with Crippen molar-refractivity contribution in [3.63, 3.8) is 0 Å². The number of halogens is 1. The van der Waals surface area contributed by atoms with Gasteiger partial charge < -0.3 is 10.1 Å². The maximum atomic E-state index is 12.8. The highest BCUT2D eigenvalue weighted by Gasteiger charge is 2.16. The van der Waals surface area contributed by atoms with Crippen LogP contribution in [-0.4, -0.2) is 45.4 Å². The second-order valence-electron chi connectivity index (χ2n) is 7.22. The van der Waals surface area contributed by atoms with Crippen LogP contribution in [0.4, 0.5) is 5.82 Å². The minimum Gasteiger partial charge on any atom is -0.384 e. The number of amidine groups is 1. The van der Waals surface area contributed by atoms with Crippen molar-refractivity contribution in [2.24, 2.45) is 18.0 Å². The van der Waals surface area contributed by atoms with Crippen LogP contribution in [0.3, 0.4) is 0 Å². The molecule has 9 heteroatoms. The van der Waals surface area contributed by atoms with Crippen LogP contribution >= 0.6 is 11.6 Å². The summed E-state index contributed by atoms with van der Waals surface area (Å²) >= 11 is 5.95. The van der Waals surface area contributed by atoms with Crippen LogP contribution in [-0.2, 0) is 11.8 Å². The Morgan fingerprint density at radius 3 is 2.70 bits per heavy atom. The highest BCUT2D eigenvalue weighted by molar-refractivity contribution is 6.30. The van der Waals surface area contributed by atoms with E-state index < -0.39 is 0 Å². The van der Waals surface area contributed by atoms with Gasteiger partial charge in [0, 0.05) is 38.3 Å². The van der Waals surface area contributed by atoms with E-state index in [0.717, 1.165) is 17.0 Å². The van der Waals surface area contributed by atoms with E-state index in [4.69, 9.17) is 16.3 Å². The highest BCUT2D eigenvalue weighted by Crippen LogP contribution is 2.23. The quantitative estimate of drug-likeness (QED) is 0.440. The number of H-pyrrole nitrogens is 1. The number of benzene rings is 1. The third-order valence-electron chi connectivity index (χ3n) is 4.45. The Kier molecular flexibility index (Phi) is 7.02. The zero-order valence-corrected chi connectivity index (χ0v) is 18.2. The number of hydrogen-bond donors (Lipinski definition) is 2. The fourth-order valence-corrected chi connectivity index (χ4v) is 3.23.